The van der Waals surface area contributed by atoms with Crippen molar-refractivity contribution in [3.8, 4) is 0 Å². The highest BCUT2D eigenvalue weighted by atomic mass is 19.4. The van der Waals surface area contributed by atoms with Crippen LogP contribution >= 0.6 is 0 Å². The van der Waals surface area contributed by atoms with E-state index in [9.17, 15) is 31.5 Å². The molecule has 1 N–H and O–H groups in total. The van der Waals surface area contributed by atoms with Gasteiger partial charge in [-0.25, -0.2) is 8.78 Å². The lowest BCUT2D eigenvalue weighted by Crippen LogP contribution is -2.23. The molecule has 0 spiro atoms. The van der Waals surface area contributed by atoms with Gasteiger partial charge in [-0.2, -0.15) is 13.2 Å². The zero-order chi connectivity index (χ0) is 12.5. The van der Waals surface area contributed by atoms with Crippen molar-refractivity contribution >= 4 is 6.29 Å². The number of nitrogens with one attached hydrogen (secondary N) is 1. The molecule has 0 aliphatic rings. The van der Waals surface area contributed by atoms with E-state index in [0.29, 0.717) is 0 Å². The summed E-state index contributed by atoms with van der Waals surface area (Å²) in [6.45, 7) is 0. The van der Waals surface area contributed by atoms with Crippen molar-refractivity contribution in [3.63, 3.8) is 0 Å². The van der Waals surface area contributed by atoms with Crippen molar-refractivity contribution in [3.05, 3.63) is 33.2 Å². The van der Waals surface area contributed by atoms with Gasteiger partial charge in [0.15, 0.2) is 6.29 Å². The van der Waals surface area contributed by atoms with Gasteiger partial charge in [0, 0.05) is 6.20 Å². The van der Waals surface area contributed by atoms with Crippen LogP contribution in [0, 0.1) is 0 Å². The summed E-state index contributed by atoms with van der Waals surface area (Å²) in [5.41, 5.74) is -5.76. The molecular formula is C8H4F5NO2. The molecule has 0 saturated carbocycles. The van der Waals surface area contributed by atoms with Crippen LogP contribution < -0.4 is 5.43 Å². The molecule has 16 heavy (non-hydrogen) atoms. The van der Waals surface area contributed by atoms with Crippen molar-refractivity contribution in [2.24, 2.45) is 0 Å². The van der Waals surface area contributed by atoms with E-state index in [4.69, 9.17) is 0 Å². The lowest BCUT2D eigenvalue weighted by molar-refractivity contribution is -0.141. The Morgan fingerprint density at radius 1 is 1.31 bits per heavy atom. The summed E-state index contributed by atoms with van der Waals surface area (Å²) in [6, 6.07) is 0. The first kappa shape index (κ1) is 12.3. The Morgan fingerprint density at radius 2 is 1.88 bits per heavy atom. The maximum absolute atomic E-state index is 12.2. The van der Waals surface area contributed by atoms with Crippen LogP contribution in [0.4, 0.5) is 22.0 Å². The van der Waals surface area contributed by atoms with Gasteiger partial charge in [-0.3, -0.25) is 9.59 Å². The fraction of sp³-hybridized carbons (Fsp3) is 0.250. The second kappa shape index (κ2) is 4.03. The molecule has 0 aromatic carbocycles. The van der Waals surface area contributed by atoms with Gasteiger partial charge < -0.3 is 4.98 Å². The van der Waals surface area contributed by atoms with Crippen LogP contribution in [-0.4, -0.2) is 11.3 Å². The average Bonchev–Trinajstić information content (AvgIpc) is 2.15. The highest BCUT2D eigenvalue weighted by Gasteiger charge is 2.36. The zero-order valence-electron chi connectivity index (χ0n) is 7.44. The number of rotatable bonds is 2. The minimum absolute atomic E-state index is 0.253. The monoisotopic (exact) mass is 241 g/mol. The average molecular weight is 241 g/mol. The Kier molecular flexibility index (Phi) is 3.11. The first-order chi connectivity index (χ1) is 7.29. The Balaban J connectivity index is 3.54. The summed E-state index contributed by atoms with van der Waals surface area (Å²) in [7, 11) is 0. The molecule has 0 fully saturated rings. The summed E-state index contributed by atoms with van der Waals surface area (Å²) in [6.07, 6.45) is -8.36. The second-order valence-electron chi connectivity index (χ2n) is 2.78. The van der Waals surface area contributed by atoms with Crippen LogP contribution in [0.2, 0.25) is 0 Å². The molecule has 1 aromatic heterocycles. The zero-order valence-corrected chi connectivity index (χ0v) is 7.44. The number of halogens is 5. The van der Waals surface area contributed by atoms with Crippen molar-refractivity contribution in [2.75, 3.05) is 0 Å². The van der Waals surface area contributed by atoms with E-state index in [1.165, 1.54) is 4.98 Å². The molecule has 0 bridgehead atoms. The number of alkyl halides is 5. The molecule has 3 nitrogen and oxygen atoms in total. The van der Waals surface area contributed by atoms with Gasteiger partial charge in [-0.1, -0.05) is 0 Å². The molecule has 0 saturated heterocycles. The number of carbonyl (C=O) groups excluding carboxylic acids is 1. The van der Waals surface area contributed by atoms with Crippen LogP contribution in [0.1, 0.15) is 28.0 Å². The van der Waals surface area contributed by atoms with E-state index < -0.39 is 41.1 Å². The highest BCUT2D eigenvalue weighted by molar-refractivity contribution is 5.76. The second-order valence-corrected chi connectivity index (χ2v) is 2.78. The molecule has 1 heterocycles. The van der Waals surface area contributed by atoms with Gasteiger partial charge in [-0.15, -0.1) is 0 Å². The standard InChI is InChI=1S/C8H4F5NO2/c9-7(10)3-1-14-6(8(11,12)13)4(2-15)5(3)16/h1-2,7H,(H,14,16). The number of aromatic nitrogens is 1. The third-order valence-corrected chi connectivity index (χ3v) is 1.78. The topological polar surface area (TPSA) is 49.9 Å². The summed E-state index contributed by atoms with van der Waals surface area (Å²) >= 11 is 0. The van der Waals surface area contributed by atoms with Gasteiger partial charge in [-0.05, 0) is 0 Å². The Hall–Kier alpha value is -1.73. The van der Waals surface area contributed by atoms with Crippen molar-refractivity contribution < 1.29 is 26.7 Å². The van der Waals surface area contributed by atoms with Gasteiger partial charge in [0.25, 0.3) is 6.43 Å². The first-order valence-corrected chi connectivity index (χ1v) is 3.85. The van der Waals surface area contributed by atoms with Crippen LogP contribution in [0.3, 0.4) is 0 Å². The van der Waals surface area contributed by atoms with Crippen molar-refractivity contribution in [1.82, 2.24) is 4.98 Å². The number of aromatic amines is 1. The van der Waals surface area contributed by atoms with Crippen molar-refractivity contribution in [1.29, 1.82) is 0 Å². The summed E-state index contributed by atoms with van der Waals surface area (Å²) in [5.74, 6) is 0. The maximum atomic E-state index is 12.2. The molecule has 0 aliphatic heterocycles. The van der Waals surface area contributed by atoms with Crippen molar-refractivity contribution in [2.45, 2.75) is 12.6 Å². The minimum atomic E-state index is -4.98. The van der Waals surface area contributed by atoms with E-state index >= 15 is 0 Å². The largest absolute Gasteiger partial charge is 0.432 e. The van der Waals surface area contributed by atoms with E-state index in [0.717, 1.165) is 0 Å². The fourth-order valence-corrected chi connectivity index (χ4v) is 1.07. The summed E-state index contributed by atoms with van der Waals surface area (Å²) in [5, 5.41) is 0. The number of H-pyrrole nitrogens is 1. The third-order valence-electron chi connectivity index (χ3n) is 1.78. The summed E-state index contributed by atoms with van der Waals surface area (Å²) < 4.78 is 61.0. The molecule has 88 valence electrons. The van der Waals surface area contributed by atoms with E-state index in [1.807, 2.05) is 0 Å². The van der Waals surface area contributed by atoms with Crippen LogP contribution in [0.5, 0.6) is 0 Å². The number of carbonyl (C=O) groups is 1. The van der Waals surface area contributed by atoms with E-state index in [-0.39, 0.29) is 6.20 Å². The molecule has 1 aromatic rings. The quantitative estimate of drug-likeness (QED) is 0.637. The van der Waals surface area contributed by atoms with Gasteiger partial charge >= 0.3 is 6.18 Å². The van der Waals surface area contributed by atoms with E-state index in [2.05, 4.69) is 0 Å². The predicted octanol–water partition coefficient (Wildman–Crippen LogP) is 2.14. The van der Waals surface area contributed by atoms with Crippen LogP contribution in [0.15, 0.2) is 11.0 Å². The fourth-order valence-electron chi connectivity index (χ4n) is 1.07. The minimum Gasteiger partial charge on any atom is -0.356 e. The molecular weight excluding hydrogens is 237 g/mol. The highest BCUT2D eigenvalue weighted by Crippen LogP contribution is 2.29. The molecule has 0 atom stereocenters. The molecule has 0 aliphatic carbocycles. The summed E-state index contributed by atoms with van der Waals surface area (Å²) in [4.78, 5) is 22.9. The molecule has 0 radical (unpaired) electrons. The molecule has 8 heteroatoms. The van der Waals surface area contributed by atoms with Crippen LogP contribution in [-0.2, 0) is 6.18 Å². The lowest BCUT2D eigenvalue weighted by Gasteiger charge is -2.09. The number of hydrogen-bond acceptors (Lipinski definition) is 2. The number of hydrogen-bond donors (Lipinski definition) is 1. The Labute approximate surface area is 84.9 Å². The maximum Gasteiger partial charge on any atom is 0.432 e. The molecule has 0 amide bonds. The third kappa shape index (κ3) is 2.10. The predicted molar refractivity (Wildman–Crippen MR) is 42.4 cm³/mol. The van der Waals surface area contributed by atoms with E-state index in [1.54, 1.807) is 0 Å². The first-order valence-electron chi connectivity index (χ1n) is 3.85. The number of aldehydes is 1. The van der Waals surface area contributed by atoms with Gasteiger partial charge in [0.1, 0.15) is 5.69 Å². The SMILES string of the molecule is O=Cc1c(C(F)(F)F)[nH]cc(C(F)F)c1=O. The normalized spacial score (nSPS) is 11.9. The Bertz CT molecular complexity index is 462. The molecule has 0 unspecified atom stereocenters. The Morgan fingerprint density at radius 3 is 2.25 bits per heavy atom. The van der Waals surface area contributed by atoms with Gasteiger partial charge in [0.05, 0.1) is 11.1 Å². The number of pyridine rings is 1. The lowest BCUT2D eigenvalue weighted by atomic mass is 10.1. The van der Waals surface area contributed by atoms with Crippen LogP contribution in [0.25, 0.3) is 0 Å². The smallest absolute Gasteiger partial charge is 0.356 e. The van der Waals surface area contributed by atoms with Gasteiger partial charge in [0.2, 0.25) is 5.43 Å². The molecule has 1 rings (SSSR count).